The number of hydrogen-bond donors (Lipinski definition) is 4. The van der Waals surface area contributed by atoms with Crippen molar-refractivity contribution >= 4 is 11.9 Å². The summed E-state index contributed by atoms with van der Waals surface area (Å²) in [7, 11) is 0. The SMILES string of the molecule is Cc1cc(=O)n(Cc2ccc(CN=C(N)N)cc2)nc1CN=C(N)N. The number of benzene rings is 1. The van der Waals surface area contributed by atoms with Gasteiger partial charge in [0.2, 0.25) is 0 Å². The van der Waals surface area contributed by atoms with Gasteiger partial charge in [-0.3, -0.25) is 4.79 Å². The van der Waals surface area contributed by atoms with Gasteiger partial charge in [-0.2, -0.15) is 5.10 Å². The zero-order valence-corrected chi connectivity index (χ0v) is 14.0. The van der Waals surface area contributed by atoms with E-state index < -0.39 is 0 Å². The van der Waals surface area contributed by atoms with Gasteiger partial charge < -0.3 is 22.9 Å². The Bertz CT molecular complexity index is 843. The molecule has 0 radical (unpaired) electrons. The number of aryl methyl sites for hydroxylation is 1. The zero-order valence-electron chi connectivity index (χ0n) is 14.0. The molecule has 0 fully saturated rings. The second kappa shape index (κ2) is 7.95. The molecule has 0 amide bonds. The summed E-state index contributed by atoms with van der Waals surface area (Å²) < 4.78 is 1.38. The first-order chi connectivity index (χ1) is 11.8. The molecule has 1 aromatic heterocycles. The average molecular weight is 342 g/mol. The number of nitrogens with two attached hydrogens (primary N) is 4. The number of nitrogens with zero attached hydrogens (tertiary/aromatic N) is 4. The number of aliphatic imine (C=N–C) groups is 2. The quantitative estimate of drug-likeness (QED) is 0.394. The molecule has 1 heterocycles. The zero-order chi connectivity index (χ0) is 18.4. The summed E-state index contributed by atoms with van der Waals surface area (Å²) in [5.41, 5.74) is 24.4. The molecule has 0 aliphatic carbocycles. The van der Waals surface area contributed by atoms with Crippen LogP contribution in [-0.2, 0) is 19.6 Å². The van der Waals surface area contributed by atoms with Crippen molar-refractivity contribution in [1.82, 2.24) is 9.78 Å². The Morgan fingerprint density at radius 3 is 2.16 bits per heavy atom. The lowest BCUT2D eigenvalue weighted by atomic mass is 10.1. The van der Waals surface area contributed by atoms with Crippen molar-refractivity contribution in [3.05, 3.63) is 63.1 Å². The third kappa shape index (κ3) is 5.34. The number of hydrogen-bond acceptors (Lipinski definition) is 4. The van der Waals surface area contributed by atoms with E-state index in [1.54, 1.807) is 6.92 Å². The van der Waals surface area contributed by atoms with Crippen LogP contribution < -0.4 is 28.5 Å². The fraction of sp³-hybridized carbons (Fsp3) is 0.250. The third-order valence-electron chi connectivity index (χ3n) is 3.50. The van der Waals surface area contributed by atoms with E-state index in [4.69, 9.17) is 22.9 Å². The summed E-state index contributed by atoms with van der Waals surface area (Å²) in [6, 6.07) is 9.14. The summed E-state index contributed by atoms with van der Waals surface area (Å²) in [5, 5.41) is 4.35. The predicted molar refractivity (Wildman–Crippen MR) is 97.8 cm³/mol. The fourth-order valence-corrected chi connectivity index (χ4v) is 2.16. The molecule has 0 aliphatic heterocycles. The first-order valence-electron chi connectivity index (χ1n) is 7.61. The summed E-state index contributed by atoms with van der Waals surface area (Å²) in [6.07, 6.45) is 0. The molecule has 2 aromatic rings. The van der Waals surface area contributed by atoms with Crippen LogP contribution in [0.5, 0.6) is 0 Å². The van der Waals surface area contributed by atoms with Crippen LogP contribution in [0.1, 0.15) is 22.4 Å². The maximum absolute atomic E-state index is 12.1. The Morgan fingerprint density at radius 2 is 1.56 bits per heavy atom. The normalized spacial score (nSPS) is 10.3. The van der Waals surface area contributed by atoms with Crippen molar-refractivity contribution in [2.45, 2.75) is 26.6 Å². The molecule has 8 N–H and O–H groups in total. The van der Waals surface area contributed by atoms with Crippen molar-refractivity contribution in [2.75, 3.05) is 0 Å². The van der Waals surface area contributed by atoms with Crippen molar-refractivity contribution in [3.8, 4) is 0 Å². The smallest absolute Gasteiger partial charge is 0.267 e. The summed E-state index contributed by atoms with van der Waals surface area (Å²) in [5.74, 6) is 0.0307. The van der Waals surface area contributed by atoms with E-state index in [1.165, 1.54) is 10.7 Å². The first-order valence-corrected chi connectivity index (χ1v) is 7.61. The lowest BCUT2D eigenvalue weighted by Crippen LogP contribution is -2.26. The molecule has 0 aliphatic rings. The van der Waals surface area contributed by atoms with Gasteiger partial charge in [-0.25, -0.2) is 14.7 Å². The summed E-state index contributed by atoms with van der Waals surface area (Å²) >= 11 is 0. The van der Waals surface area contributed by atoms with Gasteiger partial charge in [0.05, 0.1) is 25.3 Å². The Morgan fingerprint density at radius 1 is 1.00 bits per heavy atom. The monoisotopic (exact) mass is 342 g/mol. The van der Waals surface area contributed by atoms with E-state index in [0.717, 1.165) is 16.7 Å². The molecule has 0 bridgehead atoms. The Labute approximate surface area is 145 Å². The van der Waals surface area contributed by atoms with Gasteiger partial charge >= 0.3 is 0 Å². The van der Waals surface area contributed by atoms with Crippen LogP contribution >= 0.6 is 0 Å². The van der Waals surface area contributed by atoms with Crippen LogP contribution in [0.3, 0.4) is 0 Å². The van der Waals surface area contributed by atoms with Crippen LogP contribution in [0.15, 0.2) is 45.1 Å². The molecular formula is C16H22N8O. The largest absolute Gasteiger partial charge is 0.370 e. The Kier molecular flexibility index (Phi) is 5.72. The maximum Gasteiger partial charge on any atom is 0.267 e. The van der Waals surface area contributed by atoms with Crippen molar-refractivity contribution in [3.63, 3.8) is 0 Å². The molecule has 0 saturated carbocycles. The number of rotatable bonds is 6. The molecule has 9 heteroatoms. The molecule has 25 heavy (non-hydrogen) atoms. The molecule has 132 valence electrons. The van der Waals surface area contributed by atoms with E-state index in [2.05, 4.69) is 15.1 Å². The molecule has 0 unspecified atom stereocenters. The number of aromatic nitrogens is 2. The van der Waals surface area contributed by atoms with Crippen LogP contribution in [0.2, 0.25) is 0 Å². The Hall–Kier alpha value is -3.36. The van der Waals surface area contributed by atoms with Crippen molar-refractivity contribution < 1.29 is 0 Å². The van der Waals surface area contributed by atoms with E-state index in [0.29, 0.717) is 18.8 Å². The van der Waals surface area contributed by atoms with Crippen LogP contribution in [0.25, 0.3) is 0 Å². The molecule has 0 spiro atoms. The summed E-state index contributed by atoms with van der Waals surface area (Å²) in [4.78, 5) is 20.0. The lowest BCUT2D eigenvalue weighted by molar-refractivity contribution is 0.615. The highest BCUT2D eigenvalue weighted by molar-refractivity contribution is 5.75. The van der Waals surface area contributed by atoms with Crippen LogP contribution in [0.4, 0.5) is 0 Å². The molecule has 9 nitrogen and oxygen atoms in total. The van der Waals surface area contributed by atoms with E-state index in [-0.39, 0.29) is 24.0 Å². The van der Waals surface area contributed by atoms with E-state index in [1.807, 2.05) is 24.3 Å². The highest BCUT2D eigenvalue weighted by Crippen LogP contribution is 2.08. The van der Waals surface area contributed by atoms with Gasteiger partial charge in [0, 0.05) is 6.07 Å². The van der Waals surface area contributed by atoms with Gasteiger partial charge in [0.25, 0.3) is 5.56 Å². The second-order valence-electron chi connectivity index (χ2n) is 5.57. The van der Waals surface area contributed by atoms with Gasteiger partial charge in [0.15, 0.2) is 11.9 Å². The minimum atomic E-state index is -0.185. The molecule has 1 aromatic carbocycles. The first kappa shape index (κ1) is 18.0. The third-order valence-corrected chi connectivity index (χ3v) is 3.50. The highest BCUT2D eigenvalue weighted by Gasteiger charge is 2.06. The van der Waals surface area contributed by atoms with Crippen molar-refractivity contribution in [2.24, 2.45) is 32.9 Å². The fourth-order valence-electron chi connectivity index (χ4n) is 2.16. The lowest BCUT2D eigenvalue weighted by Gasteiger charge is -2.09. The van der Waals surface area contributed by atoms with Crippen molar-refractivity contribution in [1.29, 1.82) is 0 Å². The molecule has 0 saturated heterocycles. The Balaban J connectivity index is 2.19. The minimum Gasteiger partial charge on any atom is -0.370 e. The molecule has 0 atom stereocenters. The van der Waals surface area contributed by atoms with Gasteiger partial charge in [0.1, 0.15) is 0 Å². The average Bonchev–Trinajstić information content (AvgIpc) is 2.55. The van der Waals surface area contributed by atoms with E-state index in [9.17, 15) is 4.79 Å². The van der Waals surface area contributed by atoms with Crippen LogP contribution in [0, 0.1) is 6.92 Å². The maximum atomic E-state index is 12.1. The topological polar surface area (TPSA) is 164 Å². The number of guanidine groups is 2. The predicted octanol–water partition coefficient (Wildman–Crippen LogP) is -0.853. The highest BCUT2D eigenvalue weighted by atomic mass is 16.1. The van der Waals surface area contributed by atoms with E-state index >= 15 is 0 Å². The molecular weight excluding hydrogens is 320 g/mol. The summed E-state index contributed by atoms with van der Waals surface area (Å²) in [6.45, 7) is 2.78. The molecule has 2 rings (SSSR count). The second-order valence-corrected chi connectivity index (χ2v) is 5.57. The standard InChI is InChI=1S/C16H22N8O/c1-10-6-14(25)24(23-13(10)8-22-16(19)20)9-12-4-2-11(3-5-12)7-21-15(17)18/h2-6H,7-9H2,1H3,(H4,17,18,21)(H4,19,20,22). The van der Waals surface area contributed by atoms with Crippen LogP contribution in [-0.4, -0.2) is 21.7 Å². The van der Waals surface area contributed by atoms with Gasteiger partial charge in [-0.15, -0.1) is 0 Å². The van der Waals surface area contributed by atoms with Gasteiger partial charge in [-0.1, -0.05) is 24.3 Å². The van der Waals surface area contributed by atoms with Gasteiger partial charge in [-0.05, 0) is 23.6 Å². The minimum absolute atomic E-state index is 0.0182.